The van der Waals surface area contributed by atoms with Crippen molar-refractivity contribution in [3.05, 3.63) is 72.1 Å². The Balaban J connectivity index is 2.24. The second-order valence-electron chi connectivity index (χ2n) is 3.11. The van der Waals surface area contributed by atoms with Gasteiger partial charge in [0.2, 0.25) is 0 Å². The molecule has 0 amide bonds. The zero-order valence-corrected chi connectivity index (χ0v) is 8.62. The maximum absolute atomic E-state index is 4.40. The van der Waals surface area contributed by atoms with Gasteiger partial charge in [-0.05, 0) is 17.2 Å². The van der Waals surface area contributed by atoms with Crippen molar-refractivity contribution in [2.24, 2.45) is 0 Å². The van der Waals surface area contributed by atoms with Crippen LogP contribution in [0.15, 0.2) is 59.5 Å². The molecule has 14 heavy (non-hydrogen) atoms. The van der Waals surface area contributed by atoms with Crippen LogP contribution in [0.25, 0.3) is 0 Å². The Kier molecular flexibility index (Phi) is 2.90. The molecule has 2 aromatic rings. The number of hydrogen-bond acceptors (Lipinski definition) is 1. The summed E-state index contributed by atoms with van der Waals surface area (Å²) < 4.78 is 0. The van der Waals surface area contributed by atoms with Gasteiger partial charge < -0.3 is 0 Å². The molecule has 0 N–H and O–H groups in total. The average Bonchev–Trinajstić information content (AvgIpc) is 2.23. The van der Waals surface area contributed by atoms with Gasteiger partial charge in [-0.3, -0.25) is 0 Å². The van der Waals surface area contributed by atoms with E-state index >= 15 is 0 Å². The fraction of sp³-hybridized carbons (Fsp3) is 0. The number of hydrogen-bond donors (Lipinski definition) is 1. The van der Waals surface area contributed by atoms with Crippen molar-refractivity contribution in [3.8, 4) is 0 Å². The second-order valence-corrected chi connectivity index (χ2v) is 3.60. The van der Waals surface area contributed by atoms with Crippen LogP contribution in [-0.2, 0) is 0 Å². The van der Waals surface area contributed by atoms with Crippen LogP contribution in [0.1, 0.15) is 11.1 Å². The number of thiol groups is 1. The van der Waals surface area contributed by atoms with Gasteiger partial charge >= 0.3 is 0 Å². The van der Waals surface area contributed by atoms with Gasteiger partial charge in [0.25, 0.3) is 0 Å². The Labute approximate surface area is 90.0 Å². The topological polar surface area (TPSA) is 0 Å². The van der Waals surface area contributed by atoms with E-state index in [1.807, 2.05) is 36.4 Å². The van der Waals surface area contributed by atoms with Crippen molar-refractivity contribution >= 4 is 12.6 Å². The average molecular weight is 199 g/mol. The molecule has 0 fully saturated rings. The molecule has 0 aliphatic carbocycles. The molecule has 1 heteroatoms. The number of benzene rings is 2. The van der Waals surface area contributed by atoms with Gasteiger partial charge in [-0.1, -0.05) is 48.5 Å². The molecule has 0 saturated carbocycles. The van der Waals surface area contributed by atoms with Gasteiger partial charge in [-0.15, -0.1) is 12.6 Å². The smallest absolute Gasteiger partial charge is 0.0210 e. The molecule has 0 atom stereocenters. The fourth-order valence-corrected chi connectivity index (χ4v) is 1.56. The van der Waals surface area contributed by atoms with Crippen LogP contribution in [0.2, 0.25) is 0 Å². The van der Waals surface area contributed by atoms with E-state index in [0.717, 1.165) is 10.5 Å². The molecule has 0 aliphatic heterocycles. The largest absolute Gasteiger partial charge is 0.143 e. The van der Waals surface area contributed by atoms with E-state index in [9.17, 15) is 0 Å². The highest BCUT2D eigenvalue weighted by molar-refractivity contribution is 7.80. The summed E-state index contributed by atoms with van der Waals surface area (Å²) in [5, 5.41) is 0. The third-order valence-electron chi connectivity index (χ3n) is 2.06. The van der Waals surface area contributed by atoms with E-state index in [0.29, 0.717) is 0 Å². The van der Waals surface area contributed by atoms with Gasteiger partial charge in [0.15, 0.2) is 0 Å². The summed E-state index contributed by atoms with van der Waals surface area (Å²) >= 11 is 4.40. The maximum atomic E-state index is 4.40. The summed E-state index contributed by atoms with van der Waals surface area (Å²) in [7, 11) is 0. The zero-order chi connectivity index (χ0) is 9.80. The highest BCUT2D eigenvalue weighted by Crippen LogP contribution is 2.18. The highest BCUT2D eigenvalue weighted by atomic mass is 32.1. The molecule has 69 valence electrons. The van der Waals surface area contributed by atoms with E-state index in [4.69, 9.17) is 0 Å². The molecule has 0 spiro atoms. The van der Waals surface area contributed by atoms with Crippen molar-refractivity contribution in [1.29, 1.82) is 0 Å². The quantitative estimate of drug-likeness (QED) is 0.702. The molecule has 2 aromatic carbocycles. The van der Waals surface area contributed by atoms with Crippen LogP contribution in [0.5, 0.6) is 0 Å². The minimum atomic E-state index is 1.01. The molecular weight excluding hydrogens is 188 g/mol. The third-order valence-corrected chi connectivity index (χ3v) is 2.47. The van der Waals surface area contributed by atoms with Crippen LogP contribution in [-0.4, -0.2) is 0 Å². The van der Waals surface area contributed by atoms with Gasteiger partial charge in [-0.2, -0.15) is 0 Å². The van der Waals surface area contributed by atoms with Crippen LogP contribution in [0, 0.1) is 6.42 Å². The third kappa shape index (κ3) is 2.18. The molecular formula is C13H11S. The maximum Gasteiger partial charge on any atom is 0.0210 e. The predicted octanol–water partition coefficient (Wildman–Crippen LogP) is 3.58. The lowest BCUT2D eigenvalue weighted by molar-refractivity contribution is 1.32. The molecule has 0 heterocycles. The summed E-state index contributed by atoms with van der Waals surface area (Å²) in [5.74, 6) is 0. The summed E-state index contributed by atoms with van der Waals surface area (Å²) in [6.45, 7) is 0. The first kappa shape index (κ1) is 9.35. The first-order valence-electron chi connectivity index (χ1n) is 4.54. The van der Waals surface area contributed by atoms with Gasteiger partial charge in [0.05, 0.1) is 0 Å². The standard InChI is InChI=1S/C13H11S/c14-13-9-5-4-8-12(13)10-11-6-2-1-3-7-11/h1-10,14H. The van der Waals surface area contributed by atoms with Crippen molar-refractivity contribution in [3.63, 3.8) is 0 Å². The lowest BCUT2D eigenvalue weighted by Crippen LogP contribution is -1.85. The number of rotatable bonds is 2. The van der Waals surface area contributed by atoms with Crippen LogP contribution in [0.4, 0.5) is 0 Å². The van der Waals surface area contributed by atoms with Crippen LogP contribution >= 0.6 is 12.6 Å². The Hall–Kier alpha value is -1.21. The molecule has 0 aliphatic rings. The normalized spacial score (nSPS) is 10.1. The lowest BCUT2D eigenvalue weighted by atomic mass is 10.1. The van der Waals surface area contributed by atoms with E-state index in [2.05, 4.69) is 37.2 Å². The minimum Gasteiger partial charge on any atom is -0.143 e. The van der Waals surface area contributed by atoms with Crippen molar-refractivity contribution in [2.75, 3.05) is 0 Å². The summed E-state index contributed by atoms with van der Waals surface area (Å²) in [6, 6.07) is 18.3. The first-order valence-corrected chi connectivity index (χ1v) is 4.99. The van der Waals surface area contributed by atoms with Crippen molar-refractivity contribution in [1.82, 2.24) is 0 Å². The zero-order valence-electron chi connectivity index (χ0n) is 7.72. The van der Waals surface area contributed by atoms with Crippen molar-refractivity contribution < 1.29 is 0 Å². The van der Waals surface area contributed by atoms with E-state index < -0.39 is 0 Å². The van der Waals surface area contributed by atoms with Crippen LogP contribution < -0.4 is 0 Å². The van der Waals surface area contributed by atoms with Gasteiger partial charge in [0.1, 0.15) is 0 Å². The molecule has 2 rings (SSSR count). The summed E-state index contributed by atoms with van der Waals surface area (Å²) in [4.78, 5) is 1.01. The molecule has 0 bridgehead atoms. The summed E-state index contributed by atoms with van der Waals surface area (Å²) in [5.41, 5.74) is 2.36. The van der Waals surface area contributed by atoms with Crippen LogP contribution in [0.3, 0.4) is 0 Å². The molecule has 0 unspecified atom stereocenters. The molecule has 1 radical (unpaired) electrons. The Morgan fingerprint density at radius 3 is 2.14 bits per heavy atom. The van der Waals surface area contributed by atoms with E-state index in [-0.39, 0.29) is 0 Å². The van der Waals surface area contributed by atoms with E-state index in [1.165, 1.54) is 5.56 Å². The first-order chi connectivity index (χ1) is 6.86. The second kappa shape index (κ2) is 4.34. The van der Waals surface area contributed by atoms with Gasteiger partial charge in [-0.25, -0.2) is 0 Å². The van der Waals surface area contributed by atoms with Crippen molar-refractivity contribution in [2.45, 2.75) is 4.90 Å². The monoisotopic (exact) mass is 199 g/mol. The fourth-order valence-electron chi connectivity index (χ4n) is 1.34. The van der Waals surface area contributed by atoms with E-state index in [1.54, 1.807) is 0 Å². The summed E-state index contributed by atoms with van der Waals surface area (Å²) in [6.07, 6.45) is 2.13. The Morgan fingerprint density at radius 2 is 1.43 bits per heavy atom. The predicted molar refractivity (Wildman–Crippen MR) is 62.6 cm³/mol. The lowest BCUT2D eigenvalue weighted by Gasteiger charge is -2.03. The molecule has 0 saturated heterocycles. The molecule has 0 nitrogen and oxygen atoms in total. The Bertz CT molecular complexity index is 407. The highest BCUT2D eigenvalue weighted by Gasteiger charge is 1.98. The van der Waals surface area contributed by atoms with Gasteiger partial charge in [0, 0.05) is 11.3 Å². The minimum absolute atomic E-state index is 1.01. The SMILES string of the molecule is Sc1ccccc1[CH]c1ccccc1. The molecule has 0 aromatic heterocycles. The Morgan fingerprint density at radius 1 is 0.786 bits per heavy atom.